The summed E-state index contributed by atoms with van der Waals surface area (Å²) in [5.74, 6) is -0.596. The smallest absolute Gasteiger partial charge is 0.326 e. The Hall–Kier alpha value is -2.12. The highest BCUT2D eigenvalue weighted by atomic mass is 16.4. The van der Waals surface area contributed by atoms with Crippen molar-refractivity contribution in [3.05, 3.63) is 12.4 Å². The predicted octanol–water partition coefficient (Wildman–Crippen LogP) is 0.563. The summed E-state index contributed by atoms with van der Waals surface area (Å²) in [6, 6.07) is -1.02. The maximum absolute atomic E-state index is 12.1. The first-order valence-corrected chi connectivity index (χ1v) is 7.19. The Labute approximate surface area is 123 Å². The van der Waals surface area contributed by atoms with E-state index in [1.165, 1.54) is 4.90 Å². The summed E-state index contributed by atoms with van der Waals surface area (Å²) in [6.45, 7) is 3.66. The van der Waals surface area contributed by atoms with E-state index in [-0.39, 0.29) is 6.03 Å². The SMILES string of the molecule is CC1CCN(C(=O)NCCCn2ccnn2)C(C(=O)O)C1. The van der Waals surface area contributed by atoms with Crippen LogP contribution in [0.4, 0.5) is 4.79 Å². The monoisotopic (exact) mass is 295 g/mol. The number of aromatic nitrogens is 3. The summed E-state index contributed by atoms with van der Waals surface area (Å²) in [6.07, 6.45) is 5.44. The van der Waals surface area contributed by atoms with E-state index >= 15 is 0 Å². The summed E-state index contributed by atoms with van der Waals surface area (Å²) in [7, 11) is 0. The summed E-state index contributed by atoms with van der Waals surface area (Å²) in [5.41, 5.74) is 0. The Morgan fingerprint density at radius 2 is 2.29 bits per heavy atom. The van der Waals surface area contributed by atoms with Crippen molar-refractivity contribution in [3.8, 4) is 0 Å². The van der Waals surface area contributed by atoms with Gasteiger partial charge in [0.05, 0.1) is 6.20 Å². The second-order valence-electron chi connectivity index (χ2n) is 5.43. The van der Waals surface area contributed by atoms with Gasteiger partial charge in [0.15, 0.2) is 0 Å². The van der Waals surface area contributed by atoms with Gasteiger partial charge in [-0.05, 0) is 25.2 Å². The molecule has 1 aliphatic rings. The van der Waals surface area contributed by atoms with Gasteiger partial charge in [-0.2, -0.15) is 0 Å². The molecule has 0 spiro atoms. The van der Waals surface area contributed by atoms with E-state index in [4.69, 9.17) is 0 Å². The fraction of sp³-hybridized carbons (Fsp3) is 0.692. The molecule has 0 saturated carbocycles. The number of nitrogens with one attached hydrogen (secondary N) is 1. The second-order valence-corrected chi connectivity index (χ2v) is 5.43. The molecule has 2 heterocycles. The zero-order valence-corrected chi connectivity index (χ0v) is 12.1. The van der Waals surface area contributed by atoms with Gasteiger partial charge in [0, 0.05) is 25.8 Å². The van der Waals surface area contributed by atoms with Crippen LogP contribution in [0.15, 0.2) is 12.4 Å². The van der Waals surface area contributed by atoms with Crippen LogP contribution >= 0.6 is 0 Å². The number of carboxylic acids is 1. The van der Waals surface area contributed by atoms with E-state index in [9.17, 15) is 14.7 Å². The van der Waals surface area contributed by atoms with Crippen molar-refractivity contribution in [2.45, 2.75) is 38.8 Å². The Morgan fingerprint density at radius 1 is 1.48 bits per heavy atom. The zero-order valence-electron chi connectivity index (χ0n) is 12.1. The molecule has 0 bridgehead atoms. The molecular weight excluding hydrogens is 274 g/mol. The number of piperidine rings is 1. The number of carbonyl (C=O) groups excluding carboxylic acids is 1. The average Bonchev–Trinajstić information content (AvgIpc) is 2.96. The van der Waals surface area contributed by atoms with Crippen LogP contribution in [0.1, 0.15) is 26.2 Å². The number of aliphatic carboxylic acids is 1. The number of nitrogens with zero attached hydrogens (tertiary/aromatic N) is 4. The molecule has 1 aromatic heterocycles. The molecule has 1 saturated heterocycles. The second kappa shape index (κ2) is 7.05. The van der Waals surface area contributed by atoms with Gasteiger partial charge in [-0.15, -0.1) is 5.10 Å². The molecule has 1 fully saturated rings. The zero-order chi connectivity index (χ0) is 15.2. The summed E-state index contributed by atoms with van der Waals surface area (Å²) in [4.78, 5) is 24.8. The first-order chi connectivity index (χ1) is 10.1. The first-order valence-electron chi connectivity index (χ1n) is 7.19. The molecule has 2 unspecified atom stereocenters. The number of hydrogen-bond acceptors (Lipinski definition) is 4. The van der Waals surface area contributed by atoms with Gasteiger partial charge in [0.1, 0.15) is 6.04 Å². The Kier molecular flexibility index (Phi) is 5.13. The number of aryl methyl sites for hydroxylation is 1. The summed E-state index contributed by atoms with van der Waals surface area (Å²) >= 11 is 0. The fourth-order valence-electron chi connectivity index (χ4n) is 2.51. The molecule has 2 rings (SSSR count). The lowest BCUT2D eigenvalue weighted by molar-refractivity contribution is -0.143. The average molecular weight is 295 g/mol. The van der Waals surface area contributed by atoms with Gasteiger partial charge < -0.3 is 15.3 Å². The number of urea groups is 1. The van der Waals surface area contributed by atoms with Gasteiger partial charge in [-0.3, -0.25) is 4.68 Å². The number of rotatable bonds is 5. The minimum Gasteiger partial charge on any atom is -0.480 e. The molecular formula is C13H21N5O3. The van der Waals surface area contributed by atoms with E-state index in [1.807, 2.05) is 6.92 Å². The first kappa shape index (κ1) is 15.3. The van der Waals surface area contributed by atoms with Gasteiger partial charge >= 0.3 is 12.0 Å². The van der Waals surface area contributed by atoms with Gasteiger partial charge in [-0.25, -0.2) is 9.59 Å². The maximum atomic E-state index is 12.1. The van der Waals surface area contributed by atoms with Crippen LogP contribution in [0.3, 0.4) is 0 Å². The molecule has 8 heteroatoms. The molecule has 21 heavy (non-hydrogen) atoms. The molecule has 8 nitrogen and oxygen atoms in total. The predicted molar refractivity (Wildman–Crippen MR) is 74.6 cm³/mol. The van der Waals surface area contributed by atoms with Crippen molar-refractivity contribution < 1.29 is 14.7 Å². The highest BCUT2D eigenvalue weighted by Gasteiger charge is 2.34. The van der Waals surface area contributed by atoms with Crippen LogP contribution in [0, 0.1) is 5.92 Å². The number of likely N-dealkylation sites (tertiary alicyclic amines) is 1. The van der Waals surface area contributed by atoms with E-state index in [2.05, 4.69) is 15.6 Å². The van der Waals surface area contributed by atoms with E-state index < -0.39 is 12.0 Å². The lowest BCUT2D eigenvalue weighted by Crippen LogP contribution is -2.53. The number of amides is 2. The van der Waals surface area contributed by atoms with Crippen LogP contribution < -0.4 is 5.32 Å². The van der Waals surface area contributed by atoms with Gasteiger partial charge in [0.2, 0.25) is 0 Å². The molecule has 2 amide bonds. The Balaban J connectivity index is 1.77. The van der Waals surface area contributed by atoms with E-state index in [0.717, 1.165) is 12.8 Å². The summed E-state index contributed by atoms with van der Waals surface area (Å²) in [5, 5.41) is 19.5. The molecule has 0 aromatic carbocycles. The third-order valence-electron chi connectivity index (χ3n) is 3.72. The Morgan fingerprint density at radius 3 is 2.95 bits per heavy atom. The molecule has 1 aromatic rings. The topological polar surface area (TPSA) is 100 Å². The van der Waals surface area contributed by atoms with E-state index in [0.29, 0.717) is 32.0 Å². The quantitative estimate of drug-likeness (QED) is 0.773. The molecule has 1 aliphatic heterocycles. The maximum Gasteiger partial charge on any atom is 0.326 e. The number of carboxylic acid groups (broad SMARTS) is 1. The standard InChI is InChI=1S/C13H21N5O3/c1-10-3-7-18(11(9-10)12(19)20)13(21)14-4-2-6-17-8-5-15-16-17/h5,8,10-11H,2-4,6-7,9H2,1H3,(H,14,21)(H,19,20). The van der Waals surface area contributed by atoms with Crippen LogP contribution in [-0.4, -0.2) is 56.1 Å². The fourth-order valence-corrected chi connectivity index (χ4v) is 2.51. The minimum absolute atomic E-state index is 0.298. The van der Waals surface area contributed by atoms with Crippen molar-refractivity contribution in [2.75, 3.05) is 13.1 Å². The normalized spacial score (nSPS) is 22.0. The van der Waals surface area contributed by atoms with Crippen LogP contribution in [-0.2, 0) is 11.3 Å². The lowest BCUT2D eigenvalue weighted by atomic mass is 9.93. The molecule has 116 valence electrons. The minimum atomic E-state index is -0.931. The highest BCUT2D eigenvalue weighted by molar-refractivity contribution is 5.82. The lowest BCUT2D eigenvalue weighted by Gasteiger charge is -2.35. The molecule has 0 aliphatic carbocycles. The summed E-state index contributed by atoms with van der Waals surface area (Å²) < 4.78 is 1.69. The van der Waals surface area contributed by atoms with Crippen LogP contribution in [0.5, 0.6) is 0 Å². The molecule has 2 atom stereocenters. The van der Waals surface area contributed by atoms with Gasteiger partial charge in [0.25, 0.3) is 0 Å². The van der Waals surface area contributed by atoms with E-state index in [1.54, 1.807) is 17.1 Å². The van der Waals surface area contributed by atoms with Crippen molar-refractivity contribution in [1.82, 2.24) is 25.2 Å². The number of hydrogen-bond donors (Lipinski definition) is 2. The number of carbonyl (C=O) groups is 2. The van der Waals surface area contributed by atoms with Crippen molar-refractivity contribution >= 4 is 12.0 Å². The van der Waals surface area contributed by atoms with Gasteiger partial charge in [-0.1, -0.05) is 12.1 Å². The van der Waals surface area contributed by atoms with Crippen molar-refractivity contribution in [1.29, 1.82) is 0 Å². The molecule has 0 radical (unpaired) electrons. The van der Waals surface area contributed by atoms with Crippen molar-refractivity contribution in [3.63, 3.8) is 0 Å². The Bertz CT molecular complexity index is 476. The van der Waals surface area contributed by atoms with Crippen LogP contribution in [0.25, 0.3) is 0 Å². The third-order valence-corrected chi connectivity index (χ3v) is 3.72. The largest absolute Gasteiger partial charge is 0.480 e. The van der Waals surface area contributed by atoms with Crippen molar-refractivity contribution in [2.24, 2.45) is 5.92 Å². The molecule has 2 N–H and O–H groups in total. The highest BCUT2D eigenvalue weighted by Crippen LogP contribution is 2.22. The third kappa shape index (κ3) is 4.17. The van der Waals surface area contributed by atoms with Crippen LogP contribution in [0.2, 0.25) is 0 Å².